The molecule has 0 spiro atoms. The van der Waals surface area contributed by atoms with Crippen LogP contribution in [0.25, 0.3) is 0 Å². The van der Waals surface area contributed by atoms with Crippen molar-refractivity contribution in [1.29, 1.82) is 0 Å². The monoisotopic (exact) mass is 453 g/mol. The summed E-state index contributed by atoms with van der Waals surface area (Å²) in [6.45, 7) is -0.0501. The van der Waals surface area contributed by atoms with E-state index in [9.17, 15) is 18.3 Å². The zero-order valence-electron chi connectivity index (χ0n) is 16.2. The molecule has 1 aliphatic heterocycles. The first kappa shape index (κ1) is 22.6. The third-order valence-corrected chi connectivity index (χ3v) is 6.65. The maximum Gasteiger partial charge on any atom is 0.253 e. The summed E-state index contributed by atoms with van der Waals surface area (Å²) in [4.78, 5) is 16.4. The molecule has 0 unspecified atom stereocenters. The van der Waals surface area contributed by atoms with E-state index >= 15 is 0 Å². The van der Waals surface area contributed by atoms with Crippen molar-refractivity contribution in [2.24, 2.45) is 0 Å². The molecule has 1 saturated heterocycles. The summed E-state index contributed by atoms with van der Waals surface area (Å²) in [5.74, 6) is -0.274. The lowest BCUT2D eigenvalue weighted by atomic mass is 9.97. The van der Waals surface area contributed by atoms with Crippen LogP contribution in [0, 0.1) is 0 Å². The van der Waals surface area contributed by atoms with E-state index in [-0.39, 0.29) is 36.1 Å². The summed E-state index contributed by atoms with van der Waals surface area (Å²) in [5.41, 5.74) is 0.438. The van der Waals surface area contributed by atoms with E-state index in [0.29, 0.717) is 29.8 Å². The van der Waals surface area contributed by atoms with Crippen LogP contribution in [0.1, 0.15) is 29.6 Å². The third kappa shape index (κ3) is 5.99. The summed E-state index contributed by atoms with van der Waals surface area (Å²) in [5, 5.41) is 13.0. The van der Waals surface area contributed by atoms with Crippen molar-refractivity contribution < 1.29 is 23.1 Å². The minimum absolute atomic E-state index is 0.142. The minimum atomic E-state index is -3.63. The molecule has 0 aliphatic carbocycles. The van der Waals surface area contributed by atoms with Gasteiger partial charge in [0.2, 0.25) is 10.0 Å². The first-order valence-corrected chi connectivity index (χ1v) is 11.5. The van der Waals surface area contributed by atoms with Crippen molar-refractivity contribution in [2.75, 3.05) is 13.2 Å². The van der Waals surface area contributed by atoms with Gasteiger partial charge < -0.3 is 15.2 Å². The number of sulfonamides is 1. The van der Waals surface area contributed by atoms with Gasteiger partial charge in [0, 0.05) is 24.0 Å². The minimum Gasteiger partial charge on any atom is -0.394 e. The molecule has 1 aromatic carbocycles. The number of aromatic nitrogens is 1. The Hall–Kier alpha value is -2.04. The molecule has 3 atom stereocenters. The van der Waals surface area contributed by atoms with Crippen LogP contribution < -0.4 is 10.0 Å². The number of carbonyl (C=O) groups is 1. The Morgan fingerprint density at radius 1 is 1.23 bits per heavy atom. The molecule has 162 valence electrons. The van der Waals surface area contributed by atoms with E-state index in [4.69, 9.17) is 16.3 Å². The molecule has 1 aliphatic rings. The predicted molar refractivity (Wildman–Crippen MR) is 112 cm³/mol. The number of benzene rings is 1. The van der Waals surface area contributed by atoms with Gasteiger partial charge in [-0.1, -0.05) is 11.6 Å². The van der Waals surface area contributed by atoms with Crippen molar-refractivity contribution in [3.05, 3.63) is 59.4 Å². The second kappa shape index (κ2) is 10.3. The van der Waals surface area contributed by atoms with E-state index in [1.807, 2.05) is 0 Å². The third-order valence-electron chi connectivity index (χ3n) is 4.92. The van der Waals surface area contributed by atoms with Gasteiger partial charge in [-0.2, -0.15) is 0 Å². The molecule has 1 aromatic heterocycles. The van der Waals surface area contributed by atoms with Gasteiger partial charge in [-0.05, 0) is 55.7 Å². The summed E-state index contributed by atoms with van der Waals surface area (Å²) in [6, 6.07) is 8.94. The SMILES string of the molecule is O=C(N[C@H]1CC[C@@H](CCNS(=O)(=O)c2ccc(Cl)cc2)O[C@H]1CO)c1cccnc1. The number of hydrogen-bond donors (Lipinski definition) is 3. The van der Waals surface area contributed by atoms with Crippen LogP contribution in [0.15, 0.2) is 53.7 Å². The molecule has 2 heterocycles. The highest BCUT2D eigenvalue weighted by molar-refractivity contribution is 7.89. The van der Waals surface area contributed by atoms with Gasteiger partial charge in [0.25, 0.3) is 5.91 Å². The molecule has 3 N–H and O–H groups in total. The Balaban J connectivity index is 1.49. The lowest BCUT2D eigenvalue weighted by Crippen LogP contribution is -2.51. The number of nitrogens with one attached hydrogen (secondary N) is 2. The van der Waals surface area contributed by atoms with Crippen LogP contribution in [0.4, 0.5) is 0 Å². The van der Waals surface area contributed by atoms with Gasteiger partial charge in [0.05, 0.1) is 29.2 Å². The molecule has 0 radical (unpaired) electrons. The number of hydrogen-bond acceptors (Lipinski definition) is 6. The average Bonchev–Trinajstić information content (AvgIpc) is 2.75. The number of carbonyl (C=O) groups excluding carboxylic acids is 1. The summed E-state index contributed by atoms with van der Waals surface area (Å²) < 4.78 is 33.1. The van der Waals surface area contributed by atoms with Gasteiger partial charge in [-0.3, -0.25) is 9.78 Å². The Morgan fingerprint density at radius 3 is 2.67 bits per heavy atom. The molecule has 1 amide bonds. The Labute approximate surface area is 180 Å². The van der Waals surface area contributed by atoms with E-state index < -0.39 is 16.1 Å². The number of nitrogens with zero attached hydrogens (tertiary/aromatic N) is 1. The van der Waals surface area contributed by atoms with Crippen LogP contribution in [0.3, 0.4) is 0 Å². The van der Waals surface area contributed by atoms with Crippen LogP contribution in [-0.2, 0) is 14.8 Å². The maximum absolute atomic E-state index is 12.3. The van der Waals surface area contributed by atoms with Crippen LogP contribution in [0.5, 0.6) is 0 Å². The number of ether oxygens (including phenoxy) is 1. The fourth-order valence-electron chi connectivity index (χ4n) is 3.31. The topological polar surface area (TPSA) is 118 Å². The predicted octanol–water partition coefficient (Wildman–Crippen LogP) is 1.74. The molecule has 0 saturated carbocycles. The number of pyridine rings is 1. The standard InChI is InChI=1S/C20H24ClN3O5S/c21-15-3-6-17(7-4-15)30(27,28)23-11-9-16-5-8-18(19(13-25)29-16)24-20(26)14-2-1-10-22-12-14/h1-4,6-7,10,12,16,18-19,23,25H,5,8-9,11,13H2,(H,24,26)/t16-,18-,19-/m0/s1. The van der Waals surface area contributed by atoms with Crippen LogP contribution in [0.2, 0.25) is 5.02 Å². The molecular formula is C20H24ClN3O5S. The Bertz CT molecular complexity index is 941. The number of rotatable bonds is 8. The molecule has 10 heteroatoms. The van der Waals surface area contributed by atoms with Gasteiger partial charge in [0.1, 0.15) is 6.10 Å². The summed E-state index contributed by atoms with van der Waals surface area (Å²) in [7, 11) is -3.63. The lowest BCUT2D eigenvalue weighted by molar-refractivity contribution is -0.0891. The molecule has 0 bridgehead atoms. The number of amides is 1. The first-order valence-electron chi connectivity index (χ1n) is 9.61. The molecular weight excluding hydrogens is 430 g/mol. The number of aliphatic hydroxyl groups excluding tert-OH is 1. The van der Waals surface area contributed by atoms with E-state index in [0.717, 1.165) is 0 Å². The maximum atomic E-state index is 12.3. The van der Waals surface area contributed by atoms with Crippen molar-refractivity contribution in [3.8, 4) is 0 Å². The smallest absolute Gasteiger partial charge is 0.253 e. The van der Waals surface area contributed by atoms with Gasteiger partial charge in [0.15, 0.2) is 0 Å². The second-order valence-electron chi connectivity index (χ2n) is 7.02. The Kier molecular flexibility index (Phi) is 7.79. The highest BCUT2D eigenvalue weighted by Crippen LogP contribution is 2.22. The highest BCUT2D eigenvalue weighted by atomic mass is 35.5. The summed E-state index contributed by atoms with van der Waals surface area (Å²) >= 11 is 5.79. The van der Waals surface area contributed by atoms with Gasteiger partial charge in [-0.25, -0.2) is 13.1 Å². The van der Waals surface area contributed by atoms with Crippen LogP contribution >= 0.6 is 11.6 Å². The van der Waals surface area contributed by atoms with Crippen molar-refractivity contribution in [3.63, 3.8) is 0 Å². The van der Waals surface area contributed by atoms with Crippen LogP contribution in [-0.4, -0.2) is 55.8 Å². The quantitative estimate of drug-likeness (QED) is 0.560. The molecule has 1 fully saturated rings. The number of halogens is 1. The second-order valence-corrected chi connectivity index (χ2v) is 9.22. The highest BCUT2D eigenvalue weighted by Gasteiger charge is 2.32. The van der Waals surface area contributed by atoms with E-state index in [2.05, 4.69) is 15.0 Å². The molecule has 8 nitrogen and oxygen atoms in total. The fourth-order valence-corrected chi connectivity index (χ4v) is 4.48. The van der Waals surface area contributed by atoms with Crippen molar-refractivity contribution in [2.45, 2.75) is 42.4 Å². The first-order chi connectivity index (χ1) is 14.4. The normalized spacial score (nSPS) is 21.9. The van der Waals surface area contributed by atoms with Crippen molar-refractivity contribution in [1.82, 2.24) is 15.0 Å². The number of aliphatic hydroxyl groups is 1. The largest absolute Gasteiger partial charge is 0.394 e. The zero-order chi connectivity index (χ0) is 21.6. The summed E-state index contributed by atoms with van der Waals surface area (Å²) in [6.07, 6.45) is 3.99. The molecule has 30 heavy (non-hydrogen) atoms. The van der Waals surface area contributed by atoms with Gasteiger partial charge in [-0.15, -0.1) is 0 Å². The fraction of sp³-hybridized carbons (Fsp3) is 0.400. The average molecular weight is 454 g/mol. The van der Waals surface area contributed by atoms with E-state index in [1.54, 1.807) is 18.3 Å². The zero-order valence-corrected chi connectivity index (χ0v) is 17.8. The molecule has 3 rings (SSSR count). The Morgan fingerprint density at radius 2 is 2.00 bits per heavy atom. The lowest BCUT2D eigenvalue weighted by Gasteiger charge is -2.36. The van der Waals surface area contributed by atoms with E-state index in [1.165, 1.54) is 30.5 Å². The van der Waals surface area contributed by atoms with Gasteiger partial charge >= 0.3 is 0 Å². The molecule has 2 aromatic rings. The van der Waals surface area contributed by atoms with Crippen molar-refractivity contribution >= 4 is 27.5 Å².